The second-order valence-electron chi connectivity index (χ2n) is 5.35. The molecular formula is C15H23N3O3. The number of nitrogens with zero attached hydrogens (tertiary/aromatic N) is 3. The Hall–Kier alpha value is -1.53. The van der Waals surface area contributed by atoms with E-state index >= 15 is 0 Å². The summed E-state index contributed by atoms with van der Waals surface area (Å²) < 4.78 is 10.6. The molecule has 0 saturated carbocycles. The third-order valence-corrected chi connectivity index (χ3v) is 3.89. The molecule has 0 amide bonds. The maximum Gasteiger partial charge on any atom is 0.308 e. The zero-order chi connectivity index (χ0) is 15.3. The second-order valence-corrected chi connectivity index (χ2v) is 5.35. The molecule has 116 valence electrons. The van der Waals surface area contributed by atoms with Crippen molar-refractivity contribution in [2.75, 3.05) is 32.9 Å². The van der Waals surface area contributed by atoms with Crippen LogP contribution in [0.15, 0.2) is 12.4 Å². The Bertz CT molecular complexity index is 489. The molecule has 21 heavy (non-hydrogen) atoms. The van der Waals surface area contributed by atoms with Gasteiger partial charge in [0.05, 0.1) is 43.2 Å². The van der Waals surface area contributed by atoms with Gasteiger partial charge in [-0.15, -0.1) is 0 Å². The lowest BCUT2D eigenvalue weighted by Crippen LogP contribution is -2.51. The highest BCUT2D eigenvalue weighted by molar-refractivity contribution is 5.71. The molecule has 0 radical (unpaired) electrons. The summed E-state index contributed by atoms with van der Waals surface area (Å²) >= 11 is 0. The number of aromatic nitrogens is 2. The molecule has 1 aliphatic rings. The Morgan fingerprint density at radius 1 is 1.38 bits per heavy atom. The third-order valence-electron chi connectivity index (χ3n) is 3.89. The fourth-order valence-electron chi connectivity index (χ4n) is 2.83. The van der Waals surface area contributed by atoms with E-state index in [9.17, 15) is 4.79 Å². The van der Waals surface area contributed by atoms with Crippen LogP contribution >= 0.6 is 0 Å². The first-order valence-electron chi connectivity index (χ1n) is 7.34. The molecule has 2 rings (SSSR count). The molecule has 2 heterocycles. The van der Waals surface area contributed by atoms with Crippen molar-refractivity contribution >= 4 is 5.97 Å². The van der Waals surface area contributed by atoms with Gasteiger partial charge < -0.3 is 9.47 Å². The number of carbonyl (C=O) groups is 1. The van der Waals surface area contributed by atoms with Crippen molar-refractivity contribution in [2.45, 2.75) is 32.7 Å². The first-order valence-corrected chi connectivity index (χ1v) is 7.34. The van der Waals surface area contributed by atoms with Crippen LogP contribution < -0.4 is 0 Å². The quantitative estimate of drug-likeness (QED) is 0.762. The molecule has 0 N–H and O–H groups in total. The maximum atomic E-state index is 12.1. The van der Waals surface area contributed by atoms with Crippen molar-refractivity contribution in [3.8, 4) is 0 Å². The first kappa shape index (κ1) is 15.9. The summed E-state index contributed by atoms with van der Waals surface area (Å²) in [4.78, 5) is 23.1. The van der Waals surface area contributed by atoms with E-state index < -0.39 is 5.54 Å². The number of hydrogen-bond acceptors (Lipinski definition) is 6. The van der Waals surface area contributed by atoms with E-state index in [-0.39, 0.29) is 12.4 Å². The van der Waals surface area contributed by atoms with Gasteiger partial charge in [-0.3, -0.25) is 19.7 Å². The minimum absolute atomic E-state index is 0.212. The van der Waals surface area contributed by atoms with Crippen molar-refractivity contribution in [1.82, 2.24) is 14.9 Å². The van der Waals surface area contributed by atoms with Crippen LogP contribution in [0.1, 0.15) is 31.7 Å². The van der Waals surface area contributed by atoms with Gasteiger partial charge >= 0.3 is 5.97 Å². The molecule has 1 unspecified atom stereocenters. The summed E-state index contributed by atoms with van der Waals surface area (Å²) in [5, 5.41) is 0. The van der Waals surface area contributed by atoms with E-state index in [4.69, 9.17) is 9.47 Å². The normalized spacial score (nSPS) is 19.0. The third kappa shape index (κ3) is 3.57. The van der Waals surface area contributed by atoms with Crippen LogP contribution in [-0.2, 0) is 19.8 Å². The fourth-order valence-corrected chi connectivity index (χ4v) is 2.83. The smallest absolute Gasteiger partial charge is 0.308 e. The second kappa shape index (κ2) is 6.95. The van der Waals surface area contributed by atoms with Crippen LogP contribution in [0.25, 0.3) is 0 Å². The van der Waals surface area contributed by atoms with Gasteiger partial charge in [0, 0.05) is 25.5 Å². The predicted molar refractivity (Wildman–Crippen MR) is 77.8 cm³/mol. The van der Waals surface area contributed by atoms with Crippen LogP contribution in [-0.4, -0.2) is 53.7 Å². The number of hydrogen-bond donors (Lipinski definition) is 0. The van der Waals surface area contributed by atoms with Crippen LogP contribution in [0.3, 0.4) is 0 Å². The number of carbonyl (C=O) groups excluding carboxylic acids is 1. The standard InChI is InChI=1S/C15H23N3O3/c1-4-21-13(19)11-15(3,18-7-9-20-10-8-18)14-12(2)16-5-6-17-14/h5-6H,4,7-11H2,1-3H3. The summed E-state index contributed by atoms with van der Waals surface area (Å²) in [6, 6.07) is 0. The van der Waals surface area contributed by atoms with Crippen molar-refractivity contribution in [2.24, 2.45) is 0 Å². The van der Waals surface area contributed by atoms with Gasteiger partial charge in [0.15, 0.2) is 0 Å². The molecule has 1 saturated heterocycles. The Kier molecular flexibility index (Phi) is 5.25. The van der Waals surface area contributed by atoms with Gasteiger partial charge in [0.1, 0.15) is 0 Å². The lowest BCUT2D eigenvalue weighted by molar-refractivity contribution is -0.147. The van der Waals surface area contributed by atoms with E-state index in [0.29, 0.717) is 19.8 Å². The number of esters is 1. The SMILES string of the molecule is CCOC(=O)CC(C)(c1nccnc1C)N1CCOCC1. The fraction of sp³-hybridized carbons (Fsp3) is 0.667. The number of aryl methyl sites for hydroxylation is 1. The minimum atomic E-state index is -0.519. The molecule has 1 aliphatic heterocycles. The molecule has 6 nitrogen and oxygen atoms in total. The summed E-state index contributed by atoms with van der Waals surface area (Å²) in [5.74, 6) is -0.212. The topological polar surface area (TPSA) is 64.5 Å². The molecule has 6 heteroatoms. The van der Waals surface area contributed by atoms with E-state index in [1.54, 1.807) is 12.4 Å². The zero-order valence-electron chi connectivity index (χ0n) is 13.0. The van der Waals surface area contributed by atoms with Crippen LogP contribution in [0.5, 0.6) is 0 Å². The summed E-state index contributed by atoms with van der Waals surface area (Å²) in [6.07, 6.45) is 3.61. The first-order chi connectivity index (χ1) is 10.1. The van der Waals surface area contributed by atoms with E-state index in [1.165, 1.54) is 0 Å². The van der Waals surface area contributed by atoms with E-state index in [2.05, 4.69) is 14.9 Å². The van der Waals surface area contributed by atoms with Crippen LogP contribution in [0.4, 0.5) is 0 Å². The molecule has 0 bridgehead atoms. The Morgan fingerprint density at radius 2 is 2.05 bits per heavy atom. The molecular weight excluding hydrogens is 270 g/mol. The van der Waals surface area contributed by atoms with Gasteiger partial charge in [-0.25, -0.2) is 0 Å². The summed E-state index contributed by atoms with van der Waals surface area (Å²) in [7, 11) is 0. The minimum Gasteiger partial charge on any atom is -0.466 e. The maximum absolute atomic E-state index is 12.1. The van der Waals surface area contributed by atoms with E-state index in [1.807, 2.05) is 20.8 Å². The highest BCUT2D eigenvalue weighted by Gasteiger charge is 2.40. The van der Waals surface area contributed by atoms with Gasteiger partial charge in [-0.2, -0.15) is 0 Å². The summed E-state index contributed by atoms with van der Waals surface area (Å²) in [5.41, 5.74) is 1.16. The van der Waals surface area contributed by atoms with Gasteiger partial charge in [0.25, 0.3) is 0 Å². The van der Waals surface area contributed by atoms with Gasteiger partial charge in [-0.1, -0.05) is 0 Å². The molecule has 0 aliphatic carbocycles. The van der Waals surface area contributed by atoms with Crippen molar-refractivity contribution in [1.29, 1.82) is 0 Å². The number of morpholine rings is 1. The highest BCUT2D eigenvalue weighted by atomic mass is 16.5. The molecule has 1 aromatic heterocycles. The lowest BCUT2D eigenvalue weighted by Gasteiger charge is -2.42. The average molecular weight is 293 g/mol. The van der Waals surface area contributed by atoms with Crippen LogP contribution in [0, 0.1) is 6.92 Å². The Balaban J connectivity index is 2.33. The molecule has 1 fully saturated rings. The van der Waals surface area contributed by atoms with Gasteiger partial charge in [-0.05, 0) is 20.8 Å². The molecule has 1 atom stereocenters. The zero-order valence-corrected chi connectivity index (χ0v) is 13.0. The lowest BCUT2D eigenvalue weighted by atomic mass is 9.89. The van der Waals surface area contributed by atoms with Crippen molar-refractivity contribution in [3.63, 3.8) is 0 Å². The Labute approximate surface area is 125 Å². The predicted octanol–water partition coefficient (Wildman–Crippen LogP) is 1.29. The molecule has 0 aromatic carbocycles. The Morgan fingerprint density at radius 3 is 2.67 bits per heavy atom. The van der Waals surface area contributed by atoms with Crippen LogP contribution in [0.2, 0.25) is 0 Å². The number of ether oxygens (including phenoxy) is 2. The number of rotatable bonds is 5. The van der Waals surface area contributed by atoms with E-state index in [0.717, 1.165) is 24.5 Å². The summed E-state index contributed by atoms with van der Waals surface area (Å²) in [6.45, 7) is 9.03. The largest absolute Gasteiger partial charge is 0.466 e. The van der Waals surface area contributed by atoms with Crippen molar-refractivity contribution in [3.05, 3.63) is 23.8 Å². The average Bonchev–Trinajstić information content (AvgIpc) is 2.48. The molecule has 0 spiro atoms. The monoisotopic (exact) mass is 293 g/mol. The van der Waals surface area contributed by atoms with Crippen molar-refractivity contribution < 1.29 is 14.3 Å². The highest BCUT2D eigenvalue weighted by Crippen LogP contribution is 2.33. The molecule has 1 aromatic rings. The van der Waals surface area contributed by atoms with Gasteiger partial charge in [0.2, 0.25) is 0 Å².